The quantitative estimate of drug-likeness (QED) is 0.397. The molecule has 1 saturated carbocycles. The Labute approximate surface area is 189 Å². The van der Waals surface area contributed by atoms with E-state index in [1.165, 1.54) is 57.4 Å². The molecule has 1 fully saturated rings. The Morgan fingerprint density at radius 3 is 2.44 bits per heavy atom. The molecule has 0 amide bonds. The van der Waals surface area contributed by atoms with Crippen LogP contribution in [0.3, 0.4) is 0 Å². The molecule has 0 radical (unpaired) electrons. The number of benzene rings is 2. The molecular weight excluding hydrogens is 407 g/mol. The summed E-state index contributed by atoms with van der Waals surface area (Å²) >= 11 is 0. The fourth-order valence-electron chi connectivity index (χ4n) is 6.01. The predicted octanol–water partition coefficient (Wildman–Crippen LogP) is 8.45. The Morgan fingerprint density at radius 2 is 1.72 bits per heavy atom. The van der Waals surface area contributed by atoms with Crippen LogP contribution in [0.25, 0.3) is 11.1 Å². The molecule has 0 aromatic heterocycles. The molecule has 2 aromatic rings. The Hall–Kier alpha value is -2.28. The molecule has 3 atom stereocenters. The zero-order valence-electron chi connectivity index (χ0n) is 18.9. The second kappa shape index (κ2) is 10.1. The van der Waals surface area contributed by atoms with Gasteiger partial charge in [-0.2, -0.15) is 5.26 Å². The standard InChI is InChI=1S/C28H32F3N/c1-2-3-4-5-6-7-18-8-10-21-19(14-18)9-11-24-23(21)13-12-22(28(24)31)20-15-26(29)25(17-32)27(30)16-20/h12-13,15-16,18-19,21H,2-11,14H2,1H3. The van der Waals surface area contributed by atoms with Gasteiger partial charge in [-0.15, -0.1) is 0 Å². The molecule has 2 aliphatic carbocycles. The molecule has 1 nitrogen and oxygen atoms in total. The second-order valence-corrected chi connectivity index (χ2v) is 9.71. The second-order valence-electron chi connectivity index (χ2n) is 9.71. The van der Waals surface area contributed by atoms with Gasteiger partial charge in [-0.05, 0) is 78.7 Å². The van der Waals surface area contributed by atoms with Crippen LogP contribution in [0.1, 0.15) is 93.7 Å². The van der Waals surface area contributed by atoms with Crippen molar-refractivity contribution in [3.8, 4) is 17.2 Å². The highest BCUT2D eigenvalue weighted by atomic mass is 19.1. The van der Waals surface area contributed by atoms with Crippen molar-refractivity contribution >= 4 is 0 Å². The summed E-state index contributed by atoms with van der Waals surface area (Å²) in [6.45, 7) is 2.24. The fourth-order valence-corrected chi connectivity index (χ4v) is 6.01. The summed E-state index contributed by atoms with van der Waals surface area (Å²) in [5.41, 5.74) is 1.54. The average Bonchev–Trinajstić information content (AvgIpc) is 2.78. The number of rotatable bonds is 7. The summed E-state index contributed by atoms with van der Waals surface area (Å²) in [7, 11) is 0. The summed E-state index contributed by atoms with van der Waals surface area (Å²) in [6.07, 6.45) is 13.2. The summed E-state index contributed by atoms with van der Waals surface area (Å²) in [5.74, 6) is -0.448. The molecule has 0 saturated heterocycles. The van der Waals surface area contributed by atoms with Crippen LogP contribution in [0.5, 0.6) is 0 Å². The van der Waals surface area contributed by atoms with Crippen molar-refractivity contribution in [3.05, 3.63) is 58.4 Å². The van der Waals surface area contributed by atoms with E-state index in [1.807, 2.05) is 6.07 Å². The zero-order chi connectivity index (χ0) is 22.7. The first kappa shape index (κ1) is 22.9. The van der Waals surface area contributed by atoms with Crippen molar-refractivity contribution in [1.82, 2.24) is 0 Å². The normalized spacial score (nSPS) is 22.2. The van der Waals surface area contributed by atoms with Crippen LogP contribution in [0, 0.1) is 40.6 Å². The Bertz CT molecular complexity index is 983. The minimum Gasteiger partial charge on any atom is -0.206 e. The van der Waals surface area contributed by atoms with E-state index in [0.29, 0.717) is 23.8 Å². The first-order valence-electron chi connectivity index (χ1n) is 12.2. The maximum absolute atomic E-state index is 15.5. The van der Waals surface area contributed by atoms with Gasteiger partial charge in [0.15, 0.2) is 0 Å². The lowest BCUT2D eigenvalue weighted by molar-refractivity contribution is 0.197. The highest BCUT2D eigenvalue weighted by Crippen LogP contribution is 2.49. The van der Waals surface area contributed by atoms with Crippen LogP contribution in [-0.4, -0.2) is 0 Å². The number of hydrogen-bond acceptors (Lipinski definition) is 1. The van der Waals surface area contributed by atoms with E-state index in [4.69, 9.17) is 5.26 Å². The summed E-state index contributed by atoms with van der Waals surface area (Å²) < 4.78 is 43.7. The SMILES string of the molecule is CCCCCCCC1CCC2c3ccc(-c4cc(F)c(C#N)c(F)c4)c(F)c3CCC2C1. The van der Waals surface area contributed by atoms with Crippen molar-refractivity contribution in [2.75, 3.05) is 0 Å². The zero-order valence-corrected chi connectivity index (χ0v) is 18.9. The van der Waals surface area contributed by atoms with Crippen LogP contribution in [0.15, 0.2) is 24.3 Å². The fraction of sp³-hybridized carbons (Fsp3) is 0.536. The van der Waals surface area contributed by atoms with Gasteiger partial charge in [-0.25, -0.2) is 13.2 Å². The molecular formula is C28H32F3N. The lowest BCUT2D eigenvalue weighted by atomic mass is 9.64. The molecule has 170 valence electrons. The van der Waals surface area contributed by atoms with Crippen molar-refractivity contribution in [3.63, 3.8) is 0 Å². The van der Waals surface area contributed by atoms with E-state index in [-0.39, 0.29) is 16.9 Å². The third-order valence-corrected chi connectivity index (χ3v) is 7.72. The largest absolute Gasteiger partial charge is 0.206 e. The molecule has 4 rings (SSSR count). The maximum Gasteiger partial charge on any atom is 0.144 e. The molecule has 0 spiro atoms. The van der Waals surface area contributed by atoms with Gasteiger partial charge in [0.2, 0.25) is 0 Å². The Balaban J connectivity index is 1.49. The molecule has 0 N–H and O–H groups in total. The van der Waals surface area contributed by atoms with Crippen molar-refractivity contribution in [2.24, 2.45) is 11.8 Å². The Morgan fingerprint density at radius 1 is 0.969 bits per heavy atom. The topological polar surface area (TPSA) is 23.8 Å². The number of nitriles is 1. The van der Waals surface area contributed by atoms with Gasteiger partial charge in [0.25, 0.3) is 0 Å². The smallest absolute Gasteiger partial charge is 0.144 e. The average molecular weight is 440 g/mol. The molecule has 4 heteroatoms. The Kier molecular flexibility index (Phi) is 7.23. The maximum atomic E-state index is 15.5. The molecule has 0 bridgehead atoms. The summed E-state index contributed by atoms with van der Waals surface area (Å²) in [6, 6.07) is 7.28. The van der Waals surface area contributed by atoms with E-state index in [2.05, 4.69) is 6.92 Å². The van der Waals surface area contributed by atoms with Gasteiger partial charge < -0.3 is 0 Å². The lowest BCUT2D eigenvalue weighted by Gasteiger charge is -2.41. The van der Waals surface area contributed by atoms with Crippen molar-refractivity contribution in [1.29, 1.82) is 5.26 Å². The number of halogens is 3. The number of unbranched alkanes of at least 4 members (excludes halogenated alkanes) is 4. The lowest BCUT2D eigenvalue weighted by Crippen LogP contribution is -2.28. The van der Waals surface area contributed by atoms with Gasteiger partial charge in [-0.3, -0.25) is 0 Å². The molecule has 0 heterocycles. The molecule has 0 aliphatic heterocycles. The monoisotopic (exact) mass is 439 g/mol. The van der Waals surface area contributed by atoms with Crippen LogP contribution in [-0.2, 0) is 6.42 Å². The van der Waals surface area contributed by atoms with Gasteiger partial charge in [-0.1, -0.05) is 57.6 Å². The van der Waals surface area contributed by atoms with Gasteiger partial charge >= 0.3 is 0 Å². The van der Waals surface area contributed by atoms with Crippen LogP contribution in [0.4, 0.5) is 13.2 Å². The number of nitrogens with zero attached hydrogens (tertiary/aromatic N) is 1. The third-order valence-electron chi connectivity index (χ3n) is 7.72. The van der Waals surface area contributed by atoms with E-state index < -0.39 is 17.2 Å². The number of fused-ring (bicyclic) bond motifs is 3. The highest BCUT2D eigenvalue weighted by Gasteiger charge is 2.36. The third kappa shape index (κ3) is 4.58. The highest BCUT2D eigenvalue weighted by molar-refractivity contribution is 5.67. The summed E-state index contributed by atoms with van der Waals surface area (Å²) in [4.78, 5) is 0. The molecule has 2 aromatic carbocycles. The van der Waals surface area contributed by atoms with Crippen molar-refractivity contribution in [2.45, 2.75) is 83.5 Å². The number of hydrogen-bond donors (Lipinski definition) is 0. The molecule has 32 heavy (non-hydrogen) atoms. The van der Waals surface area contributed by atoms with Crippen LogP contribution in [0.2, 0.25) is 0 Å². The minimum atomic E-state index is -0.951. The van der Waals surface area contributed by atoms with E-state index >= 15 is 4.39 Å². The van der Waals surface area contributed by atoms with E-state index in [0.717, 1.165) is 36.5 Å². The van der Waals surface area contributed by atoms with Gasteiger partial charge in [0.05, 0.1) is 0 Å². The summed E-state index contributed by atoms with van der Waals surface area (Å²) in [5, 5.41) is 8.88. The van der Waals surface area contributed by atoms with Gasteiger partial charge in [0.1, 0.15) is 29.1 Å². The minimum absolute atomic E-state index is 0.146. The van der Waals surface area contributed by atoms with E-state index in [9.17, 15) is 8.78 Å². The van der Waals surface area contributed by atoms with Gasteiger partial charge in [0, 0.05) is 5.56 Å². The molecule has 2 aliphatic rings. The first-order valence-corrected chi connectivity index (χ1v) is 12.2. The predicted molar refractivity (Wildman–Crippen MR) is 122 cm³/mol. The van der Waals surface area contributed by atoms with Crippen LogP contribution >= 0.6 is 0 Å². The van der Waals surface area contributed by atoms with Crippen molar-refractivity contribution < 1.29 is 13.2 Å². The van der Waals surface area contributed by atoms with E-state index in [1.54, 1.807) is 6.07 Å². The molecule has 3 unspecified atom stereocenters. The van der Waals surface area contributed by atoms with Crippen LogP contribution < -0.4 is 0 Å². The first-order chi connectivity index (χ1) is 15.5.